The number of anilines is 1. The third kappa shape index (κ3) is 4.81. The quantitative estimate of drug-likeness (QED) is 0.252. The zero-order chi connectivity index (χ0) is 24.3. The van der Waals surface area contributed by atoms with E-state index in [1.807, 2.05) is 31.2 Å². The fourth-order valence-electron chi connectivity index (χ4n) is 3.39. The van der Waals surface area contributed by atoms with Crippen molar-refractivity contribution in [2.75, 3.05) is 10.8 Å². The van der Waals surface area contributed by atoms with Crippen LogP contribution < -0.4 is 4.31 Å². The van der Waals surface area contributed by atoms with E-state index in [2.05, 4.69) is 11.6 Å². The van der Waals surface area contributed by atoms with E-state index in [0.29, 0.717) is 16.3 Å². The average Bonchev–Trinajstić information content (AvgIpc) is 3.19. The molecule has 0 radical (unpaired) electrons. The summed E-state index contributed by atoms with van der Waals surface area (Å²) >= 11 is 5.93. The van der Waals surface area contributed by atoms with Crippen LogP contribution in [0.2, 0.25) is 5.02 Å². The first-order valence-electron chi connectivity index (χ1n) is 10.4. The molecule has 0 aliphatic carbocycles. The molecule has 1 aliphatic heterocycles. The number of para-hydroxylation sites is 1. The van der Waals surface area contributed by atoms with E-state index in [1.54, 1.807) is 30.3 Å². The van der Waals surface area contributed by atoms with Crippen LogP contribution in [0.4, 0.5) is 5.69 Å². The van der Waals surface area contributed by atoms with Gasteiger partial charge in [0.25, 0.3) is 10.0 Å². The van der Waals surface area contributed by atoms with Crippen LogP contribution in [0.15, 0.2) is 101 Å². The number of benzene rings is 3. The van der Waals surface area contributed by atoms with Crippen LogP contribution in [0, 0.1) is 6.92 Å². The molecule has 0 bridgehead atoms. The molecule has 3 aromatic rings. The maximum atomic E-state index is 13.5. The average molecular weight is 493 g/mol. The minimum absolute atomic E-state index is 0.00470. The molecule has 1 aliphatic rings. The highest BCUT2D eigenvalue weighted by molar-refractivity contribution is 7.92. The molecule has 4 rings (SSSR count). The molecule has 0 saturated carbocycles. The standard InChI is InChI=1S/C26H21ClN2O4S/c1-3-16-29(34(31,32)21-14-12-20(27)13-15-21)24-7-5-4-6-22(24)25-28-23(26(30)33-25)17-19-10-8-18(2)9-11-19/h3-15,17H,1,16H2,2H3/b23-17-. The molecule has 0 atom stereocenters. The molecule has 0 amide bonds. The van der Waals surface area contributed by atoms with Crippen molar-refractivity contribution in [2.45, 2.75) is 11.8 Å². The highest BCUT2D eigenvalue weighted by atomic mass is 35.5. The second-order valence-corrected chi connectivity index (χ2v) is 9.84. The SMILES string of the molecule is C=CCN(c1ccccc1C1=N/C(=C\c2ccc(C)cc2)C(=O)O1)S(=O)(=O)c1ccc(Cl)cc1. The summed E-state index contributed by atoms with van der Waals surface area (Å²) in [5, 5.41) is 0.426. The van der Waals surface area contributed by atoms with E-state index in [0.717, 1.165) is 11.1 Å². The number of aliphatic imine (C=N–C) groups is 1. The summed E-state index contributed by atoms with van der Waals surface area (Å²) in [5.41, 5.74) is 2.69. The monoisotopic (exact) mass is 492 g/mol. The molecule has 0 fully saturated rings. The van der Waals surface area contributed by atoms with Crippen LogP contribution in [0.5, 0.6) is 0 Å². The first kappa shape index (κ1) is 23.5. The van der Waals surface area contributed by atoms with Crippen LogP contribution in [-0.4, -0.2) is 26.8 Å². The second-order valence-electron chi connectivity index (χ2n) is 7.54. The Hall–Kier alpha value is -3.68. The molecule has 0 unspecified atom stereocenters. The Labute approximate surface area is 203 Å². The number of ether oxygens (including phenoxy) is 1. The number of esters is 1. The summed E-state index contributed by atoms with van der Waals surface area (Å²) in [6, 6.07) is 20.2. The lowest BCUT2D eigenvalue weighted by atomic mass is 10.1. The highest BCUT2D eigenvalue weighted by Crippen LogP contribution is 2.30. The third-order valence-corrected chi connectivity index (χ3v) is 7.15. The van der Waals surface area contributed by atoms with Crippen molar-refractivity contribution in [2.24, 2.45) is 4.99 Å². The smallest absolute Gasteiger partial charge is 0.363 e. The van der Waals surface area contributed by atoms with Crippen molar-refractivity contribution < 1.29 is 17.9 Å². The van der Waals surface area contributed by atoms with Gasteiger partial charge in [0, 0.05) is 5.02 Å². The lowest BCUT2D eigenvalue weighted by Gasteiger charge is -2.25. The molecule has 172 valence electrons. The van der Waals surface area contributed by atoms with Gasteiger partial charge < -0.3 is 4.74 Å². The van der Waals surface area contributed by atoms with Crippen molar-refractivity contribution in [3.8, 4) is 0 Å². The number of nitrogens with zero attached hydrogens (tertiary/aromatic N) is 2. The summed E-state index contributed by atoms with van der Waals surface area (Å²) in [6.45, 7) is 5.67. The number of sulfonamides is 1. The molecule has 34 heavy (non-hydrogen) atoms. The van der Waals surface area contributed by atoms with E-state index in [1.165, 1.54) is 34.6 Å². The van der Waals surface area contributed by atoms with Crippen LogP contribution in [0.3, 0.4) is 0 Å². The van der Waals surface area contributed by atoms with Crippen molar-refractivity contribution in [1.29, 1.82) is 0 Å². The number of cyclic esters (lactones) is 1. The third-order valence-electron chi connectivity index (χ3n) is 5.10. The molecule has 0 saturated heterocycles. The number of carbonyl (C=O) groups excluding carboxylic acids is 1. The summed E-state index contributed by atoms with van der Waals surface area (Å²) in [5.74, 6) is -0.583. The van der Waals surface area contributed by atoms with Gasteiger partial charge in [-0.05, 0) is 55.0 Å². The zero-order valence-corrected chi connectivity index (χ0v) is 19.9. The number of aryl methyl sites for hydroxylation is 1. The number of halogens is 1. The van der Waals surface area contributed by atoms with Crippen LogP contribution in [-0.2, 0) is 19.6 Å². The predicted octanol–water partition coefficient (Wildman–Crippen LogP) is 5.37. The number of rotatable bonds is 7. The second kappa shape index (κ2) is 9.67. The van der Waals surface area contributed by atoms with Crippen molar-refractivity contribution in [3.05, 3.63) is 113 Å². The van der Waals surface area contributed by atoms with E-state index in [9.17, 15) is 13.2 Å². The van der Waals surface area contributed by atoms with Crippen LogP contribution in [0.25, 0.3) is 6.08 Å². The van der Waals surface area contributed by atoms with E-state index in [4.69, 9.17) is 16.3 Å². The molecular weight excluding hydrogens is 472 g/mol. The van der Waals surface area contributed by atoms with Gasteiger partial charge in [-0.1, -0.05) is 59.6 Å². The molecular formula is C26H21ClN2O4S. The molecule has 0 aromatic heterocycles. The number of hydrogen-bond donors (Lipinski definition) is 0. The van der Waals surface area contributed by atoms with Gasteiger partial charge in [-0.25, -0.2) is 18.2 Å². The Bertz CT molecular complexity index is 1410. The van der Waals surface area contributed by atoms with E-state index in [-0.39, 0.29) is 23.0 Å². The lowest BCUT2D eigenvalue weighted by Crippen LogP contribution is -2.32. The normalized spacial score (nSPS) is 14.6. The van der Waals surface area contributed by atoms with Gasteiger partial charge >= 0.3 is 5.97 Å². The minimum atomic E-state index is -3.97. The van der Waals surface area contributed by atoms with Gasteiger partial charge in [0.15, 0.2) is 5.70 Å². The molecule has 3 aromatic carbocycles. The van der Waals surface area contributed by atoms with Crippen molar-refractivity contribution in [1.82, 2.24) is 0 Å². The summed E-state index contributed by atoms with van der Waals surface area (Å²) in [7, 11) is -3.97. The van der Waals surface area contributed by atoms with Gasteiger partial charge in [-0.15, -0.1) is 6.58 Å². The Morgan fingerprint density at radius 3 is 2.38 bits per heavy atom. The molecule has 0 spiro atoms. The van der Waals surface area contributed by atoms with Crippen molar-refractivity contribution >= 4 is 45.3 Å². The maximum absolute atomic E-state index is 13.5. The Balaban J connectivity index is 1.77. The van der Waals surface area contributed by atoms with Gasteiger partial charge in [0.2, 0.25) is 5.90 Å². The maximum Gasteiger partial charge on any atom is 0.363 e. The number of hydrogen-bond acceptors (Lipinski definition) is 5. The van der Waals surface area contributed by atoms with Crippen LogP contribution >= 0.6 is 11.6 Å². The van der Waals surface area contributed by atoms with E-state index >= 15 is 0 Å². The zero-order valence-electron chi connectivity index (χ0n) is 18.3. The van der Waals surface area contributed by atoms with Gasteiger partial charge in [0.05, 0.1) is 22.7 Å². The largest absolute Gasteiger partial charge is 0.402 e. The molecule has 8 heteroatoms. The summed E-state index contributed by atoms with van der Waals surface area (Å²) in [6.07, 6.45) is 3.11. The molecule has 6 nitrogen and oxygen atoms in total. The predicted molar refractivity (Wildman–Crippen MR) is 134 cm³/mol. The van der Waals surface area contributed by atoms with Crippen molar-refractivity contribution in [3.63, 3.8) is 0 Å². The van der Waals surface area contributed by atoms with E-state index < -0.39 is 16.0 Å². The number of carbonyl (C=O) groups is 1. The topological polar surface area (TPSA) is 76.0 Å². The van der Waals surface area contributed by atoms with Crippen LogP contribution in [0.1, 0.15) is 16.7 Å². The minimum Gasteiger partial charge on any atom is -0.402 e. The Kier molecular flexibility index (Phi) is 6.68. The summed E-state index contributed by atoms with van der Waals surface area (Å²) in [4.78, 5) is 17.0. The fourth-order valence-corrected chi connectivity index (χ4v) is 4.97. The first-order valence-corrected chi connectivity index (χ1v) is 12.2. The molecule has 0 N–H and O–H groups in total. The highest BCUT2D eigenvalue weighted by Gasteiger charge is 2.31. The fraction of sp³-hybridized carbons (Fsp3) is 0.0769. The lowest BCUT2D eigenvalue weighted by molar-refractivity contribution is -0.129. The van der Waals surface area contributed by atoms with Gasteiger partial charge in [-0.3, -0.25) is 4.31 Å². The summed E-state index contributed by atoms with van der Waals surface area (Å²) < 4.78 is 33.6. The Morgan fingerprint density at radius 1 is 1.03 bits per heavy atom. The Morgan fingerprint density at radius 2 is 1.71 bits per heavy atom. The molecule has 1 heterocycles. The first-order chi connectivity index (χ1) is 16.3. The van der Waals surface area contributed by atoms with Gasteiger partial charge in [-0.2, -0.15) is 0 Å². The van der Waals surface area contributed by atoms with Gasteiger partial charge in [0.1, 0.15) is 0 Å².